The average molecular weight is 820 g/mol. The Morgan fingerprint density at radius 1 is 0.438 bits per heavy atom. The zero-order valence-corrected chi connectivity index (χ0v) is 35.6. The molecule has 2 aliphatic carbocycles. The second-order valence-electron chi connectivity index (χ2n) is 17.8. The SMILES string of the molecule is CC1(C)c2ccccc2-c2c(-c3nc(C4=CC=CCC4)nc(-c4ccccc4-c4cccc5oc6ccc(-c7ccc8c9ccccc9c9ccccc9c8c7)cc6c45)n3)cccc21. The van der Waals surface area contributed by atoms with Gasteiger partial charge in [0.25, 0.3) is 0 Å². The van der Waals surface area contributed by atoms with E-state index in [1.165, 1.54) is 54.6 Å². The first-order valence-electron chi connectivity index (χ1n) is 22.2. The van der Waals surface area contributed by atoms with E-state index >= 15 is 0 Å². The van der Waals surface area contributed by atoms with Crippen LogP contribution in [0.3, 0.4) is 0 Å². The highest BCUT2D eigenvalue weighted by Gasteiger charge is 2.37. The molecule has 0 amide bonds. The number of fused-ring (bicyclic) bond motifs is 12. The lowest BCUT2D eigenvalue weighted by molar-refractivity contribution is 0.660. The van der Waals surface area contributed by atoms with E-state index in [9.17, 15) is 0 Å². The van der Waals surface area contributed by atoms with Crippen molar-refractivity contribution < 1.29 is 4.42 Å². The maximum absolute atomic E-state index is 6.64. The first-order chi connectivity index (χ1) is 31.5. The summed E-state index contributed by atoms with van der Waals surface area (Å²) in [7, 11) is 0. The summed E-state index contributed by atoms with van der Waals surface area (Å²) >= 11 is 0. The fourth-order valence-electron chi connectivity index (χ4n) is 10.7. The summed E-state index contributed by atoms with van der Waals surface area (Å²) in [6.45, 7) is 4.63. The quantitative estimate of drug-likeness (QED) is 0.162. The Kier molecular flexibility index (Phi) is 8.04. The fourth-order valence-corrected chi connectivity index (χ4v) is 10.7. The van der Waals surface area contributed by atoms with Gasteiger partial charge in [-0.05, 0) is 120 Å². The Labute approximate surface area is 370 Å². The third-order valence-corrected chi connectivity index (χ3v) is 13.8. The second kappa shape index (κ2) is 14.0. The van der Waals surface area contributed by atoms with Crippen molar-refractivity contribution in [3.8, 4) is 56.2 Å². The van der Waals surface area contributed by atoms with Crippen molar-refractivity contribution in [2.24, 2.45) is 0 Å². The highest BCUT2D eigenvalue weighted by atomic mass is 16.3. The molecular formula is C60H41N3O. The van der Waals surface area contributed by atoms with Gasteiger partial charge in [0.2, 0.25) is 0 Å². The molecule has 0 spiro atoms. The minimum Gasteiger partial charge on any atom is -0.456 e. The highest BCUT2D eigenvalue weighted by Crippen LogP contribution is 2.52. The summed E-state index contributed by atoms with van der Waals surface area (Å²) in [5, 5.41) is 9.74. The predicted octanol–water partition coefficient (Wildman–Crippen LogP) is 15.9. The number of rotatable bonds is 5. The highest BCUT2D eigenvalue weighted by molar-refractivity contribution is 6.26. The minimum atomic E-state index is -0.145. The summed E-state index contributed by atoms with van der Waals surface area (Å²) in [5.41, 5.74) is 14.1. The van der Waals surface area contributed by atoms with Crippen molar-refractivity contribution in [3.05, 3.63) is 205 Å². The molecule has 2 aliphatic rings. The second-order valence-corrected chi connectivity index (χ2v) is 17.8. The van der Waals surface area contributed by atoms with Crippen LogP contribution in [-0.4, -0.2) is 15.0 Å². The van der Waals surface area contributed by atoms with Gasteiger partial charge in [-0.25, -0.2) is 15.0 Å². The van der Waals surface area contributed by atoms with Crippen LogP contribution in [0.15, 0.2) is 193 Å². The molecule has 0 saturated heterocycles. The van der Waals surface area contributed by atoms with Crippen LogP contribution in [0.5, 0.6) is 0 Å². The van der Waals surface area contributed by atoms with Gasteiger partial charge in [0.15, 0.2) is 17.5 Å². The Balaban J connectivity index is 0.994. The molecule has 0 fully saturated rings. The van der Waals surface area contributed by atoms with Crippen LogP contribution in [0.25, 0.3) is 116 Å². The number of aromatic nitrogens is 3. The van der Waals surface area contributed by atoms with E-state index in [-0.39, 0.29) is 5.41 Å². The molecule has 0 saturated carbocycles. The van der Waals surface area contributed by atoms with Gasteiger partial charge in [0.05, 0.1) is 0 Å². The number of allylic oxidation sites excluding steroid dienone is 4. The zero-order chi connectivity index (χ0) is 42.5. The normalized spacial score (nSPS) is 14.1. The molecule has 11 aromatic rings. The van der Waals surface area contributed by atoms with Gasteiger partial charge >= 0.3 is 0 Å². The smallest absolute Gasteiger partial charge is 0.164 e. The molecule has 0 N–H and O–H groups in total. The fraction of sp³-hybridized carbons (Fsp3) is 0.0833. The number of hydrogen-bond acceptors (Lipinski definition) is 4. The van der Waals surface area contributed by atoms with E-state index in [4.69, 9.17) is 19.4 Å². The van der Waals surface area contributed by atoms with Crippen LogP contribution in [0, 0.1) is 0 Å². The molecule has 9 aromatic carbocycles. The maximum Gasteiger partial charge on any atom is 0.164 e. The predicted molar refractivity (Wildman–Crippen MR) is 265 cm³/mol. The van der Waals surface area contributed by atoms with Crippen LogP contribution >= 0.6 is 0 Å². The summed E-state index contributed by atoms with van der Waals surface area (Å²) in [5.74, 6) is 2.05. The molecule has 0 unspecified atom stereocenters. The first kappa shape index (κ1) is 36.7. The lowest BCUT2D eigenvalue weighted by Crippen LogP contribution is -2.14. The van der Waals surface area contributed by atoms with Crippen molar-refractivity contribution in [2.75, 3.05) is 0 Å². The van der Waals surface area contributed by atoms with E-state index < -0.39 is 0 Å². The molecular weight excluding hydrogens is 779 g/mol. The van der Waals surface area contributed by atoms with Crippen LogP contribution in [0.4, 0.5) is 0 Å². The van der Waals surface area contributed by atoms with Gasteiger partial charge in [-0.2, -0.15) is 0 Å². The lowest BCUT2D eigenvalue weighted by Gasteiger charge is -2.21. The monoisotopic (exact) mass is 819 g/mol. The van der Waals surface area contributed by atoms with Gasteiger partial charge in [0, 0.05) is 27.3 Å². The molecule has 4 nitrogen and oxygen atoms in total. The van der Waals surface area contributed by atoms with E-state index in [1.54, 1.807) is 0 Å². The van der Waals surface area contributed by atoms with E-state index in [0.29, 0.717) is 11.6 Å². The third-order valence-electron chi connectivity index (χ3n) is 13.8. The molecule has 2 aromatic heterocycles. The first-order valence-corrected chi connectivity index (χ1v) is 22.2. The largest absolute Gasteiger partial charge is 0.456 e. The van der Waals surface area contributed by atoms with E-state index in [0.717, 1.165) is 79.6 Å². The Morgan fingerprint density at radius 3 is 1.75 bits per heavy atom. The molecule has 0 atom stereocenters. The molecule has 0 bridgehead atoms. The van der Waals surface area contributed by atoms with Crippen molar-refractivity contribution >= 4 is 59.8 Å². The molecule has 0 aliphatic heterocycles. The standard InChI is InChI=1S/C60H41N3O/c1-60(2)51-27-13-12-24-47(51)55-48(26-14-28-52(55)60)59-62-57(36-16-4-3-5-17-36)61-58(63-59)46-23-11-10-22-43(46)45-25-15-29-54-56(45)50-35-38(31-33-53(50)64-54)37-30-32-44-41-20-7-6-18-39(41)40-19-8-9-21-42(40)49(44)34-37/h3-4,6-16,18-35H,5,17H2,1-2H3. The van der Waals surface area contributed by atoms with Crippen LogP contribution < -0.4 is 0 Å². The molecule has 2 heterocycles. The Hall–Kier alpha value is -7.95. The molecule has 4 heteroatoms. The Morgan fingerprint density at radius 2 is 1.00 bits per heavy atom. The van der Waals surface area contributed by atoms with Gasteiger partial charge in [0.1, 0.15) is 11.2 Å². The summed E-state index contributed by atoms with van der Waals surface area (Å²) in [6, 6.07) is 61.3. The lowest BCUT2D eigenvalue weighted by atomic mass is 9.82. The van der Waals surface area contributed by atoms with Crippen molar-refractivity contribution in [1.29, 1.82) is 0 Å². The van der Waals surface area contributed by atoms with E-state index in [1.807, 2.05) is 0 Å². The third kappa shape index (κ3) is 5.52. The number of benzene rings is 9. The summed E-state index contributed by atoms with van der Waals surface area (Å²) < 4.78 is 6.64. The maximum atomic E-state index is 6.64. The van der Waals surface area contributed by atoms with Crippen LogP contribution in [-0.2, 0) is 5.41 Å². The zero-order valence-electron chi connectivity index (χ0n) is 35.6. The number of nitrogens with zero attached hydrogens (tertiary/aromatic N) is 3. The van der Waals surface area contributed by atoms with Gasteiger partial charge in [-0.3, -0.25) is 0 Å². The molecule has 302 valence electrons. The summed E-state index contributed by atoms with van der Waals surface area (Å²) in [4.78, 5) is 16.0. The Bertz CT molecular complexity index is 3790. The minimum absolute atomic E-state index is 0.145. The van der Waals surface area contributed by atoms with Crippen molar-refractivity contribution in [2.45, 2.75) is 32.1 Å². The van der Waals surface area contributed by atoms with E-state index in [2.05, 4.69) is 202 Å². The molecule has 64 heavy (non-hydrogen) atoms. The number of hydrogen-bond donors (Lipinski definition) is 0. The van der Waals surface area contributed by atoms with Crippen molar-refractivity contribution in [3.63, 3.8) is 0 Å². The molecule has 0 radical (unpaired) electrons. The topological polar surface area (TPSA) is 51.8 Å². The van der Waals surface area contributed by atoms with Gasteiger partial charge < -0.3 is 4.42 Å². The molecule has 13 rings (SSSR count). The van der Waals surface area contributed by atoms with Gasteiger partial charge in [-0.1, -0.05) is 178 Å². The van der Waals surface area contributed by atoms with Crippen LogP contribution in [0.2, 0.25) is 0 Å². The van der Waals surface area contributed by atoms with Gasteiger partial charge in [-0.15, -0.1) is 0 Å². The summed E-state index contributed by atoms with van der Waals surface area (Å²) in [6.07, 6.45) is 8.30. The van der Waals surface area contributed by atoms with Crippen molar-refractivity contribution in [1.82, 2.24) is 15.0 Å². The average Bonchev–Trinajstić information content (AvgIpc) is 3.85. The van der Waals surface area contributed by atoms with Crippen LogP contribution in [0.1, 0.15) is 43.6 Å². The number of furan rings is 1.